The van der Waals surface area contributed by atoms with Crippen LogP contribution in [0, 0.1) is 6.92 Å². The number of rotatable bonds is 3. The molecule has 118 valence electrons. The molecule has 1 N–H and O–H groups in total. The van der Waals surface area contributed by atoms with Gasteiger partial charge in [0.15, 0.2) is 0 Å². The first-order chi connectivity index (χ1) is 9.61. The predicted molar refractivity (Wildman–Crippen MR) is 90.0 cm³/mol. The highest BCUT2D eigenvalue weighted by Gasteiger charge is 2.32. The second-order valence-corrected chi connectivity index (χ2v) is 9.34. The van der Waals surface area contributed by atoms with Crippen molar-refractivity contribution in [1.29, 1.82) is 0 Å². The Labute approximate surface area is 143 Å². The third-order valence-electron chi connectivity index (χ3n) is 3.52. The minimum atomic E-state index is -3.56. The van der Waals surface area contributed by atoms with Gasteiger partial charge in [0.2, 0.25) is 10.0 Å². The van der Waals surface area contributed by atoms with Gasteiger partial charge in [0.1, 0.15) is 0 Å². The molecule has 0 aromatic heterocycles. The second kappa shape index (κ2) is 6.28. The van der Waals surface area contributed by atoms with E-state index in [0.717, 1.165) is 10.0 Å². The molecule has 1 fully saturated rings. The Bertz CT molecular complexity index is 644. The number of sulfonamides is 1. The van der Waals surface area contributed by atoms with Crippen LogP contribution in [0.15, 0.2) is 26.0 Å². The molecule has 0 aliphatic carbocycles. The third kappa shape index (κ3) is 4.28. The van der Waals surface area contributed by atoms with E-state index in [2.05, 4.69) is 36.6 Å². The molecule has 1 aliphatic heterocycles. The summed E-state index contributed by atoms with van der Waals surface area (Å²) in [4.78, 5) is 0.254. The van der Waals surface area contributed by atoms with Crippen molar-refractivity contribution in [3.63, 3.8) is 0 Å². The molecular formula is C14H19Br2NO3S. The standard InChI is InChI=1S/C14H19Br2NO3S/c1-9-6-12(16)13(7-11(9)15)21(18,19)17-10-4-5-20-14(2,3)8-10/h6-7,10,17H,4-5,8H2,1-3H3. The van der Waals surface area contributed by atoms with Crippen LogP contribution < -0.4 is 4.72 Å². The quantitative estimate of drug-likeness (QED) is 0.778. The average Bonchev–Trinajstić information content (AvgIpc) is 2.31. The van der Waals surface area contributed by atoms with E-state index in [1.807, 2.05) is 20.8 Å². The summed E-state index contributed by atoms with van der Waals surface area (Å²) in [5, 5.41) is 0. The van der Waals surface area contributed by atoms with Gasteiger partial charge in [-0.3, -0.25) is 0 Å². The summed E-state index contributed by atoms with van der Waals surface area (Å²) >= 11 is 6.72. The molecule has 0 spiro atoms. The van der Waals surface area contributed by atoms with Crippen LogP contribution in [0.25, 0.3) is 0 Å². The topological polar surface area (TPSA) is 55.4 Å². The smallest absolute Gasteiger partial charge is 0.241 e. The zero-order valence-corrected chi connectivity index (χ0v) is 16.2. The summed E-state index contributed by atoms with van der Waals surface area (Å²) in [6.07, 6.45) is 1.35. The molecule has 1 saturated heterocycles. The molecule has 7 heteroatoms. The van der Waals surface area contributed by atoms with Crippen molar-refractivity contribution in [3.05, 3.63) is 26.6 Å². The van der Waals surface area contributed by atoms with Gasteiger partial charge in [0, 0.05) is 21.6 Å². The average molecular weight is 441 g/mol. The van der Waals surface area contributed by atoms with Crippen molar-refractivity contribution in [3.8, 4) is 0 Å². The lowest BCUT2D eigenvalue weighted by Crippen LogP contribution is -2.45. The third-order valence-corrected chi connectivity index (χ3v) is 6.85. The van der Waals surface area contributed by atoms with Crippen LogP contribution >= 0.6 is 31.9 Å². The van der Waals surface area contributed by atoms with E-state index >= 15 is 0 Å². The first-order valence-electron chi connectivity index (χ1n) is 6.73. The van der Waals surface area contributed by atoms with Crippen LogP contribution in [0.3, 0.4) is 0 Å². The molecule has 0 amide bonds. The van der Waals surface area contributed by atoms with E-state index in [0.29, 0.717) is 23.9 Å². The van der Waals surface area contributed by atoms with E-state index in [1.165, 1.54) is 0 Å². The molecule has 1 unspecified atom stereocenters. The minimum absolute atomic E-state index is 0.106. The highest BCUT2D eigenvalue weighted by atomic mass is 79.9. The van der Waals surface area contributed by atoms with Crippen LogP contribution in [0.4, 0.5) is 0 Å². The van der Waals surface area contributed by atoms with Gasteiger partial charge < -0.3 is 4.74 Å². The van der Waals surface area contributed by atoms with Crippen molar-refractivity contribution >= 4 is 41.9 Å². The highest BCUT2D eigenvalue weighted by molar-refractivity contribution is 9.11. The fourth-order valence-electron chi connectivity index (χ4n) is 2.45. The largest absolute Gasteiger partial charge is 0.375 e. The summed E-state index contributed by atoms with van der Waals surface area (Å²) in [5.41, 5.74) is 0.685. The maximum Gasteiger partial charge on any atom is 0.241 e. The molecule has 0 radical (unpaired) electrons. The van der Waals surface area contributed by atoms with Gasteiger partial charge in [-0.05, 0) is 67.2 Å². The molecule has 4 nitrogen and oxygen atoms in total. The Kier molecular flexibility index (Phi) is 5.20. The molecule has 2 rings (SSSR count). The van der Waals surface area contributed by atoms with Gasteiger partial charge in [0.25, 0.3) is 0 Å². The van der Waals surface area contributed by atoms with E-state index in [4.69, 9.17) is 4.74 Å². The second-order valence-electron chi connectivity index (χ2n) is 5.95. The zero-order chi connectivity index (χ0) is 15.8. The molecule has 1 aromatic carbocycles. The van der Waals surface area contributed by atoms with Gasteiger partial charge in [-0.15, -0.1) is 0 Å². The molecule has 1 aliphatic rings. The molecule has 1 heterocycles. The highest BCUT2D eigenvalue weighted by Crippen LogP contribution is 2.30. The fourth-order valence-corrected chi connectivity index (χ4v) is 5.40. The number of aryl methyl sites for hydroxylation is 1. The number of ether oxygens (including phenoxy) is 1. The Morgan fingerprint density at radius 2 is 1.95 bits per heavy atom. The number of benzene rings is 1. The summed E-state index contributed by atoms with van der Waals surface area (Å²) in [6.45, 7) is 6.44. The molecule has 0 saturated carbocycles. The SMILES string of the molecule is Cc1cc(Br)c(S(=O)(=O)NC2CCOC(C)(C)C2)cc1Br. The summed E-state index contributed by atoms with van der Waals surface area (Å²) in [7, 11) is -3.56. The first kappa shape index (κ1) is 17.4. The van der Waals surface area contributed by atoms with Crippen LogP contribution in [-0.2, 0) is 14.8 Å². The maximum absolute atomic E-state index is 12.6. The number of hydrogen-bond donors (Lipinski definition) is 1. The molecule has 1 aromatic rings. The van der Waals surface area contributed by atoms with E-state index < -0.39 is 10.0 Å². The molecule has 21 heavy (non-hydrogen) atoms. The number of nitrogens with one attached hydrogen (secondary N) is 1. The normalized spacial score (nSPS) is 22.2. The first-order valence-corrected chi connectivity index (χ1v) is 9.79. The van der Waals surface area contributed by atoms with Gasteiger partial charge >= 0.3 is 0 Å². The van der Waals surface area contributed by atoms with Crippen LogP contribution in [-0.4, -0.2) is 26.7 Å². The molecule has 1 atom stereocenters. The van der Waals surface area contributed by atoms with Crippen LogP contribution in [0.2, 0.25) is 0 Å². The summed E-state index contributed by atoms with van der Waals surface area (Å²) in [6, 6.07) is 3.32. The lowest BCUT2D eigenvalue weighted by molar-refractivity contribution is -0.0599. The number of hydrogen-bond acceptors (Lipinski definition) is 3. The minimum Gasteiger partial charge on any atom is -0.375 e. The van der Waals surface area contributed by atoms with Crippen molar-refractivity contribution in [2.24, 2.45) is 0 Å². The van der Waals surface area contributed by atoms with Crippen molar-refractivity contribution in [2.75, 3.05) is 6.61 Å². The Balaban J connectivity index is 2.25. The van der Waals surface area contributed by atoms with Gasteiger partial charge in [-0.25, -0.2) is 13.1 Å². The molecular weight excluding hydrogens is 422 g/mol. The predicted octanol–water partition coefficient (Wildman–Crippen LogP) is 3.76. The van der Waals surface area contributed by atoms with Crippen molar-refractivity contribution in [1.82, 2.24) is 4.72 Å². The van der Waals surface area contributed by atoms with E-state index in [1.54, 1.807) is 12.1 Å². The van der Waals surface area contributed by atoms with Crippen molar-refractivity contribution < 1.29 is 13.2 Å². The van der Waals surface area contributed by atoms with Gasteiger partial charge in [0.05, 0.1) is 10.5 Å². The Hall–Kier alpha value is 0.0500. The van der Waals surface area contributed by atoms with Gasteiger partial charge in [-0.2, -0.15) is 0 Å². The van der Waals surface area contributed by atoms with E-state index in [9.17, 15) is 8.42 Å². The maximum atomic E-state index is 12.6. The van der Waals surface area contributed by atoms with E-state index in [-0.39, 0.29) is 16.5 Å². The zero-order valence-electron chi connectivity index (χ0n) is 12.2. The molecule has 0 bridgehead atoms. The van der Waals surface area contributed by atoms with Crippen molar-refractivity contribution in [2.45, 2.75) is 50.2 Å². The van der Waals surface area contributed by atoms with Crippen LogP contribution in [0.5, 0.6) is 0 Å². The monoisotopic (exact) mass is 439 g/mol. The van der Waals surface area contributed by atoms with Crippen LogP contribution in [0.1, 0.15) is 32.3 Å². The fraction of sp³-hybridized carbons (Fsp3) is 0.571. The lowest BCUT2D eigenvalue weighted by Gasteiger charge is -2.35. The summed E-state index contributed by atoms with van der Waals surface area (Å²) in [5.74, 6) is 0. The Morgan fingerprint density at radius 3 is 2.57 bits per heavy atom. The lowest BCUT2D eigenvalue weighted by atomic mass is 9.95. The Morgan fingerprint density at radius 1 is 1.29 bits per heavy atom. The van der Waals surface area contributed by atoms with Gasteiger partial charge in [-0.1, -0.05) is 15.9 Å². The number of halogens is 2. The summed E-state index contributed by atoms with van der Waals surface area (Å²) < 4.78 is 35.0.